The molecule has 23 heavy (non-hydrogen) atoms. The number of likely N-dealkylation sites (N-methyl/N-ethyl adjacent to an activating group) is 1. The quantitative estimate of drug-likeness (QED) is 0.450. The SMILES string of the molecule is CN(Cc1ccccc1Br)C(=O)/C=C/c1ccccc1[N+](=O)[O-]. The third-order valence-corrected chi connectivity index (χ3v) is 4.05. The molecule has 6 heteroatoms. The van der Waals surface area contributed by atoms with Crippen LogP contribution >= 0.6 is 15.9 Å². The number of rotatable bonds is 5. The van der Waals surface area contributed by atoms with Crippen LogP contribution in [0.1, 0.15) is 11.1 Å². The number of hydrogen-bond donors (Lipinski definition) is 0. The molecule has 2 aromatic rings. The van der Waals surface area contributed by atoms with Gasteiger partial charge in [0.25, 0.3) is 5.69 Å². The van der Waals surface area contributed by atoms with E-state index in [9.17, 15) is 14.9 Å². The molecule has 0 bridgehead atoms. The lowest BCUT2D eigenvalue weighted by Gasteiger charge is -2.16. The predicted molar refractivity (Wildman–Crippen MR) is 92.7 cm³/mol. The van der Waals surface area contributed by atoms with Gasteiger partial charge in [0, 0.05) is 30.2 Å². The fourth-order valence-corrected chi connectivity index (χ4v) is 2.45. The molecule has 0 aliphatic rings. The molecule has 118 valence electrons. The van der Waals surface area contributed by atoms with Gasteiger partial charge in [-0.3, -0.25) is 14.9 Å². The van der Waals surface area contributed by atoms with E-state index in [4.69, 9.17) is 0 Å². The van der Waals surface area contributed by atoms with E-state index in [1.54, 1.807) is 30.1 Å². The number of amides is 1. The summed E-state index contributed by atoms with van der Waals surface area (Å²) in [5, 5.41) is 11.0. The van der Waals surface area contributed by atoms with Gasteiger partial charge in [0.15, 0.2) is 0 Å². The first-order valence-electron chi connectivity index (χ1n) is 6.89. The van der Waals surface area contributed by atoms with Gasteiger partial charge in [0.1, 0.15) is 0 Å². The molecule has 0 heterocycles. The fraction of sp³-hybridized carbons (Fsp3) is 0.118. The highest BCUT2D eigenvalue weighted by Crippen LogP contribution is 2.20. The topological polar surface area (TPSA) is 63.5 Å². The molecule has 0 spiro atoms. The summed E-state index contributed by atoms with van der Waals surface area (Å²) in [6, 6.07) is 14.0. The summed E-state index contributed by atoms with van der Waals surface area (Å²) in [5.41, 5.74) is 1.37. The van der Waals surface area contributed by atoms with Crippen LogP contribution in [0.25, 0.3) is 6.08 Å². The zero-order valence-electron chi connectivity index (χ0n) is 12.5. The zero-order chi connectivity index (χ0) is 16.8. The van der Waals surface area contributed by atoms with Crippen LogP contribution in [0.2, 0.25) is 0 Å². The number of nitro benzene ring substituents is 1. The molecule has 0 N–H and O–H groups in total. The van der Waals surface area contributed by atoms with Crippen molar-refractivity contribution in [3.8, 4) is 0 Å². The predicted octanol–water partition coefficient (Wildman–Crippen LogP) is 4.03. The molecule has 0 radical (unpaired) electrons. The van der Waals surface area contributed by atoms with Crippen LogP contribution in [-0.2, 0) is 11.3 Å². The van der Waals surface area contributed by atoms with Crippen molar-refractivity contribution >= 4 is 33.6 Å². The lowest BCUT2D eigenvalue weighted by Crippen LogP contribution is -2.24. The number of benzene rings is 2. The molecule has 0 saturated heterocycles. The van der Waals surface area contributed by atoms with Gasteiger partial charge < -0.3 is 4.90 Å². The van der Waals surface area contributed by atoms with Crippen molar-refractivity contribution < 1.29 is 9.72 Å². The monoisotopic (exact) mass is 374 g/mol. The number of halogens is 1. The molecule has 0 aliphatic heterocycles. The molecule has 2 aromatic carbocycles. The standard InChI is InChI=1S/C17H15BrN2O3/c1-19(12-14-7-2-4-8-15(14)18)17(21)11-10-13-6-3-5-9-16(13)20(22)23/h2-11H,12H2,1H3/b11-10+. The van der Waals surface area contributed by atoms with Crippen molar-refractivity contribution in [3.05, 3.63) is 80.3 Å². The third kappa shape index (κ3) is 4.50. The van der Waals surface area contributed by atoms with Crippen molar-refractivity contribution in [1.82, 2.24) is 4.90 Å². The summed E-state index contributed by atoms with van der Waals surface area (Å²) in [5.74, 6) is -0.223. The van der Waals surface area contributed by atoms with Gasteiger partial charge in [-0.2, -0.15) is 0 Å². The number of hydrogen-bond acceptors (Lipinski definition) is 3. The van der Waals surface area contributed by atoms with E-state index in [0.717, 1.165) is 10.0 Å². The Bertz CT molecular complexity index is 759. The fourth-order valence-electron chi connectivity index (χ4n) is 2.04. The summed E-state index contributed by atoms with van der Waals surface area (Å²) < 4.78 is 0.933. The third-order valence-electron chi connectivity index (χ3n) is 3.28. The molecule has 0 aliphatic carbocycles. The highest BCUT2D eigenvalue weighted by atomic mass is 79.9. The Morgan fingerprint density at radius 1 is 1.22 bits per heavy atom. The van der Waals surface area contributed by atoms with E-state index in [1.165, 1.54) is 18.2 Å². The van der Waals surface area contributed by atoms with Crippen LogP contribution in [0, 0.1) is 10.1 Å². The van der Waals surface area contributed by atoms with Crippen molar-refractivity contribution in [1.29, 1.82) is 0 Å². The molecule has 0 aromatic heterocycles. The molecule has 2 rings (SSSR count). The Kier molecular flexibility index (Phi) is 5.65. The van der Waals surface area contributed by atoms with Gasteiger partial charge in [-0.05, 0) is 23.8 Å². The molecule has 0 unspecified atom stereocenters. The molecule has 1 amide bonds. The zero-order valence-corrected chi connectivity index (χ0v) is 14.1. The number of nitro groups is 1. The number of nitrogens with zero attached hydrogens (tertiary/aromatic N) is 2. The van der Waals surface area contributed by atoms with Crippen LogP contribution in [0.4, 0.5) is 5.69 Å². The summed E-state index contributed by atoms with van der Waals surface area (Å²) >= 11 is 3.44. The maximum absolute atomic E-state index is 12.2. The molecule has 0 saturated carbocycles. The van der Waals surface area contributed by atoms with Crippen molar-refractivity contribution in [2.75, 3.05) is 7.05 Å². The van der Waals surface area contributed by atoms with Gasteiger partial charge in [0.05, 0.1) is 10.5 Å². The van der Waals surface area contributed by atoms with Crippen LogP contribution < -0.4 is 0 Å². The Morgan fingerprint density at radius 3 is 2.57 bits per heavy atom. The Morgan fingerprint density at radius 2 is 1.87 bits per heavy atom. The molecular weight excluding hydrogens is 360 g/mol. The molecular formula is C17H15BrN2O3. The Hall–Kier alpha value is -2.47. The minimum atomic E-state index is -0.463. The van der Waals surface area contributed by atoms with Crippen LogP contribution in [0.15, 0.2) is 59.1 Å². The average Bonchev–Trinajstić information content (AvgIpc) is 2.54. The van der Waals surface area contributed by atoms with Gasteiger partial charge in [-0.25, -0.2) is 0 Å². The number of para-hydroxylation sites is 1. The van der Waals surface area contributed by atoms with Crippen LogP contribution in [0.5, 0.6) is 0 Å². The summed E-state index contributed by atoms with van der Waals surface area (Å²) in [4.78, 5) is 24.2. The van der Waals surface area contributed by atoms with E-state index >= 15 is 0 Å². The van der Waals surface area contributed by atoms with E-state index in [0.29, 0.717) is 12.1 Å². The first kappa shape index (κ1) is 16.9. The van der Waals surface area contributed by atoms with Crippen molar-refractivity contribution in [3.63, 3.8) is 0 Å². The Labute approximate surface area is 142 Å². The average molecular weight is 375 g/mol. The van der Waals surface area contributed by atoms with E-state index in [-0.39, 0.29) is 11.6 Å². The van der Waals surface area contributed by atoms with Crippen molar-refractivity contribution in [2.45, 2.75) is 6.54 Å². The van der Waals surface area contributed by atoms with E-state index < -0.39 is 4.92 Å². The lowest BCUT2D eigenvalue weighted by atomic mass is 10.1. The Balaban J connectivity index is 2.10. The molecule has 0 atom stereocenters. The van der Waals surface area contributed by atoms with Gasteiger partial charge in [-0.1, -0.05) is 46.3 Å². The van der Waals surface area contributed by atoms with Gasteiger partial charge >= 0.3 is 0 Å². The van der Waals surface area contributed by atoms with Gasteiger partial charge in [0.2, 0.25) is 5.91 Å². The van der Waals surface area contributed by atoms with Crippen LogP contribution in [-0.4, -0.2) is 22.8 Å². The van der Waals surface area contributed by atoms with E-state index in [1.807, 2.05) is 24.3 Å². The molecule has 5 nitrogen and oxygen atoms in total. The minimum Gasteiger partial charge on any atom is -0.338 e. The van der Waals surface area contributed by atoms with E-state index in [2.05, 4.69) is 15.9 Å². The summed E-state index contributed by atoms with van der Waals surface area (Å²) in [6.45, 7) is 0.446. The maximum atomic E-state index is 12.2. The summed E-state index contributed by atoms with van der Waals surface area (Å²) in [6.07, 6.45) is 2.82. The second kappa shape index (κ2) is 7.69. The number of carbonyl (C=O) groups is 1. The highest BCUT2D eigenvalue weighted by Gasteiger charge is 2.11. The first-order chi connectivity index (χ1) is 11.0. The number of carbonyl (C=O) groups excluding carboxylic acids is 1. The lowest BCUT2D eigenvalue weighted by molar-refractivity contribution is -0.385. The summed E-state index contributed by atoms with van der Waals surface area (Å²) in [7, 11) is 1.69. The van der Waals surface area contributed by atoms with Crippen LogP contribution in [0.3, 0.4) is 0 Å². The second-order valence-corrected chi connectivity index (χ2v) is 5.79. The minimum absolute atomic E-state index is 0.0231. The largest absolute Gasteiger partial charge is 0.338 e. The smallest absolute Gasteiger partial charge is 0.276 e. The maximum Gasteiger partial charge on any atom is 0.276 e. The normalized spacial score (nSPS) is 10.7. The van der Waals surface area contributed by atoms with Crippen molar-refractivity contribution in [2.24, 2.45) is 0 Å². The first-order valence-corrected chi connectivity index (χ1v) is 7.68. The molecule has 0 fully saturated rings. The highest BCUT2D eigenvalue weighted by molar-refractivity contribution is 9.10. The van der Waals surface area contributed by atoms with Gasteiger partial charge in [-0.15, -0.1) is 0 Å². The second-order valence-electron chi connectivity index (χ2n) is 4.93.